The van der Waals surface area contributed by atoms with E-state index < -0.39 is 69.3 Å². The topological polar surface area (TPSA) is 174 Å². The lowest BCUT2D eigenvalue weighted by molar-refractivity contribution is -0.132. The Morgan fingerprint density at radius 1 is 0.860 bits per heavy atom. The van der Waals surface area contributed by atoms with Crippen LogP contribution in [0.1, 0.15) is 85.3 Å². The smallest absolute Gasteiger partial charge is 0.243 e. The van der Waals surface area contributed by atoms with Crippen LogP contribution in [0.15, 0.2) is 77.4 Å². The molecule has 12 heteroatoms. The van der Waals surface area contributed by atoms with E-state index >= 15 is 0 Å². The molecule has 0 heterocycles. The molecule has 0 aliphatic heterocycles. The first-order chi connectivity index (χ1) is 23.6. The van der Waals surface area contributed by atoms with Gasteiger partial charge in [-0.05, 0) is 46.1 Å². The van der Waals surface area contributed by atoms with E-state index in [1.165, 1.54) is 25.0 Å². The molecule has 2 rings (SSSR count). The molecule has 0 radical (unpaired) electrons. The average molecular weight is 717 g/mol. The van der Waals surface area contributed by atoms with Gasteiger partial charge in [-0.15, -0.1) is 0 Å². The van der Waals surface area contributed by atoms with E-state index in [0.29, 0.717) is 25.7 Å². The average Bonchev–Trinajstić information content (AvgIpc) is 3.08. The summed E-state index contributed by atoms with van der Waals surface area (Å²) in [7, 11) is -3.69. The molecule has 2 aromatic rings. The second kappa shape index (κ2) is 26.0. The maximum Gasteiger partial charge on any atom is 0.243 e. The van der Waals surface area contributed by atoms with E-state index in [-0.39, 0.29) is 6.54 Å². The third-order valence-corrected chi connectivity index (χ3v) is 9.64. The molecule has 11 nitrogen and oxygen atoms in total. The Bertz CT molecular complexity index is 1410. The second-order valence-electron chi connectivity index (χ2n) is 12.3. The molecule has 5 N–H and O–H groups in total. The quantitative estimate of drug-likeness (QED) is 0.148. The SMILES string of the molecule is CC=NC=C(C)C.CCCC(CCC)S(=O)(=O)CC(NC(C)=O)C(=O)NCC(O)C(O)C(C)C(=O)NCc1ccccc1.Cc1ccccc1. The van der Waals surface area contributed by atoms with Crippen LogP contribution in [0.25, 0.3) is 0 Å². The van der Waals surface area contributed by atoms with Crippen LogP contribution in [0.4, 0.5) is 0 Å². The maximum absolute atomic E-state index is 12.9. The highest BCUT2D eigenvalue weighted by molar-refractivity contribution is 7.92. The first-order valence-corrected chi connectivity index (χ1v) is 18.9. The second-order valence-corrected chi connectivity index (χ2v) is 14.7. The summed E-state index contributed by atoms with van der Waals surface area (Å²) in [6, 6.07) is 18.1. The van der Waals surface area contributed by atoms with Crippen molar-refractivity contribution in [3.8, 4) is 0 Å². The van der Waals surface area contributed by atoms with E-state index in [9.17, 15) is 33.0 Å². The number of hydrogen-bond acceptors (Lipinski definition) is 8. The van der Waals surface area contributed by atoms with Crippen molar-refractivity contribution < 1.29 is 33.0 Å². The van der Waals surface area contributed by atoms with Crippen LogP contribution in [0.3, 0.4) is 0 Å². The van der Waals surface area contributed by atoms with Gasteiger partial charge in [0.05, 0.1) is 29.1 Å². The molecule has 3 amide bonds. The van der Waals surface area contributed by atoms with Crippen molar-refractivity contribution in [2.75, 3.05) is 12.3 Å². The van der Waals surface area contributed by atoms with Crippen molar-refractivity contribution >= 4 is 33.8 Å². The van der Waals surface area contributed by atoms with E-state index in [2.05, 4.69) is 40.0 Å². The van der Waals surface area contributed by atoms with Crippen LogP contribution in [0.2, 0.25) is 0 Å². The van der Waals surface area contributed by atoms with Gasteiger partial charge < -0.3 is 26.2 Å². The van der Waals surface area contributed by atoms with Crippen LogP contribution >= 0.6 is 0 Å². The molecule has 0 spiro atoms. The van der Waals surface area contributed by atoms with Crippen LogP contribution in [0.5, 0.6) is 0 Å². The number of sulfone groups is 1. The Morgan fingerprint density at radius 2 is 1.40 bits per heavy atom. The minimum atomic E-state index is -3.69. The summed E-state index contributed by atoms with van der Waals surface area (Å²) in [4.78, 5) is 40.6. The Hall–Kier alpha value is -3.87. The van der Waals surface area contributed by atoms with Crippen molar-refractivity contribution in [2.24, 2.45) is 10.9 Å². The largest absolute Gasteiger partial charge is 0.390 e. The molecule has 2 aromatic carbocycles. The minimum absolute atomic E-state index is 0.257. The van der Waals surface area contributed by atoms with Crippen molar-refractivity contribution in [2.45, 2.75) is 111 Å². The summed E-state index contributed by atoms with van der Waals surface area (Å²) < 4.78 is 25.8. The number of allylic oxidation sites excluding steroid dienone is 1. The predicted molar refractivity (Wildman–Crippen MR) is 202 cm³/mol. The standard InChI is InChI=1S/C25H41N3O7S.C7H8.C6H11N/c1-5-10-20(11-6-2)36(34,35)16-21(28-18(4)29)25(33)27-15-22(30)23(31)17(3)24(32)26-14-19-12-8-7-9-13-19;1-7-5-3-2-4-6-7;1-4-7-5-6(2)3/h7-9,12-13,17,20-23,30-31H,5-6,10-11,14-16H2,1-4H3,(H,26,32)(H,27,33)(H,28,29);2-6H,1H3;4-5H,1-3H3. The number of nitrogens with zero attached hydrogens (tertiary/aromatic N) is 1. The predicted octanol–water partition coefficient (Wildman–Crippen LogP) is 4.66. The van der Waals surface area contributed by atoms with Gasteiger partial charge in [0.2, 0.25) is 17.7 Å². The Kier molecular flexibility index (Phi) is 24.0. The lowest BCUT2D eigenvalue weighted by Crippen LogP contribution is -2.53. The summed E-state index contributed by atoms with van der Waals surface area (Å²) in [5.41, 5.74) is 3.43. The van der Waals surface area contributed by atoms with Gasteiger partial charge in [0.15, 0.2) is 9.84 Å². The van der Waals surface area contributed by atoms with Crippen molar-refractivity contribution in [1.82, 2.24) is 16.0 Å². The van der Waals surface area contributed by atoms with Gasteiger partial charge in [-0.3, -0.25) is 19.4 Å². The zero-order valence-electron chi connectivity index (χ0n) is 31.1. The van der Waals surface area contributed by atoms with Crippen molar-refractivity contribution in [3.05, 3.63) is 83.6 Å². The normalized spacial score (nSPS) is 13.3. The molecule has 280 valence electrons. The van der Waals surface area contributed by atoms with Gasteiger partial charge in [0, 0.05) is 32.4 Å². The fraction of sp³-hybridized carbons (Fsp3) is 0.526. The molecule has 4 atom stereocenters. The number of aliphatic imine (C=N–C) groups is 1. The Balaban J connectivity index is 0.00000141. The van der Waals surface area contributed by atoms with E-state index in [4.69, 9.17) is 0 Å². The first kappa shape index (κ1) is 46.1. The third-order valence-electron chi connectivity index (χ3n) is 7.36. The number of nitrogens with one attached hydrogen (secondary N) is 3. The van der Waals surface area contributed by atoms with Crippen molar-refractivity contribution in [1.29, 1.82) is 0 Å². The number of aliphatic hydroxyl groups is 2. The summed E-state index contributed by atoms with van der Waals surface area (Å²) in [6.07, 6.45) is 2.88. The van der Waals surface area contributed by atoms with E-state index in [0.717, 1.165) is 5.56 Å². The Labute approximate surface area is 300 Å². The first-order valence-electron chi connectivity index (χ1n) is 17.2. The van der Waals surface area contributed by atoms with Gasteiger partial charge in [0.1, 0.15) is 6.04 Å². The van der Waals surface area contributed by atoms with Gasteiger partial charge in [-0.25, -0.2) is 8.42 Å². The molecule has 0 saturated heterocycles. The summed E-state index contributed by atoms with van der Waals surface area (Å²) >= 11 is 0. The highest BCUT2D eigenvalue weighted by Crippen LogP contribution is 2.17. The van der Waals surface area contributed by atoms with Crippen LogP contribution in [-0.4, -0.2) is 78.4 Å². The molecule has 0 aromatic heterocycles. The maximum atomic E-state index is 12.9. The molecular formula is C38H60N4O7S. The van der Waals surface area contributed by atoms with Gasteiger partial charge >= 0.3 is 0 Å². The minimum Gasteiger partial charge on any atom is -0.390 e. The van der Waals surface area contributed by atoms with Crippen LogP contribution < -0.4 is 16.0 Å². The number of aryl methyl sites for hydroxylation is 1. The summed E-state index contributed by atoms with van der Waals surface area (Å²) in [5, 5.41) is 27.6. The number of carbonyl (C=O) groups is 3. The highest BCUT2D eigenvalue weighted by Gasteiger charge is 2.33. The molecule has 0 saturated carbocycles. The lowest BCUT2D eigenvalue weighted by Gasteiger charge is -2.25. The zero-order valence-corrected chi connectivity index (χ0v) is 31.9. The summed E-state index contributed by atoms with van der Waals surface area (Å²) in [6.45, 7) is 14.2. The fourth-order valence-electron chi connectivity index (χ4n) is 4.59. The van der Waals surface area contributed by atoms with Gasteiger partial charge in [-0.1, -0.05) is 105 Å². The number of hydrogen-bond donors (Lipinski definition) is 5. The molecule has 0 bridgehead atoms. The van der Waals surface area contributed by atoms with E-state index in [1.807, 2.05) is 89.3 Å². The molecular weight excluding hydrogens is 657 g/mol. The number of rotatable bonds is 17. The number of benzene rings is 2. The van der Waals surface area contributed by atoms with Crippen LogP contribution in [0, 0.1) is 12.8 Å². The van der Waals surface area contributed by atoms with Crippen molar-refractivity contribution in [3.63, 3.8) is 0 Å². The number of amides is 3. The van der Waals surface area contributed by atoms with Crippen LogP contribution in [-0.2, 0) is 30.8 Å². The third kappa shape index (κ3) is 20.6. The number of aliphatic hydroxyl groups excluding tert-OH is 2. The molecule has 50 heavy (non-hydrogen) atoms. The molecule has 4 unspecified atom stereocenters. The van der Waals surface area contributed by atoms with Gasteiger partial charge in [-0.2, -0.15) is 0 Å². The Morgan fingerprint density at radius 3 is 1.82 bits per heavy atom. The number of carbonyl (C=O) groups excluding carboxylic acids is 3. The fourth-order valence-corrected chi connectivity index (χ4v) is 6.75. The molecule has 0 fully saturated rings. The molecule has 0 aliphatic rings. The monoisotopic (exact) mass is 716 g/mol. The zero-order chi connectivity index (χ0) is 38.1. The molecule has 0 aliphatic carbocycles. The van der Waals surface area contributed by atoms with Gasteiger partial charge in [0.25, 0.3) is 0 Å². The summed E-state index contributed by atoms with van der Waals surface area (Å²) in [5.74, 6) is -3.39. The lowest BCUT2D eigenvalue weighted by atomic mass is 9.98. The highest BCUT2D eigenvalue weighted by atomic mass is 32.2. The van der Waals surface area contributed by atoms with E-state index in [1.54, 1.807) is 6.21 Å².